The van der Waals surface area contributed by atoms with Crippen LogP contribution in [0.4, 0.5) is 0 Å². The number of likely N-dealkylation sites (tertiary alicyclic amines) is 1. The maximum atomic E-state index is 12.0. The summed E-state index contributed by atoms with van der Waals surface area (Å²) in [6, 6.07) is 5.30. The Morgan fingerprint density at radius 1 is 1.41 bits per heavy atom. The maximum Gasteiger partial charge on any atom is 0.235 e. The van der Waals surface area contributed by atoms with Crippen molar-refractivity contribution in [1.82, 2.24) is 4.90 Å². The average Bonchev–Trinajstić information content (AvgIpc) is 2.21. The summed E-state index contributed by atoms with van der Waals surface area (Å²) in [4.78, 5) is 14.7. The highest BCUT2D eigenvalue weighted by Gasteiger charge is 2.26. The molecule has 0 N–H and O–H groups in total. The smallest absolute Gasteiger partial charge is 0.235 e. The molecule has 2 rings (SSSR count). The van der Waals surface area contributed by atoms with Crippen molar-refractivity contribution in [1.29, 1.82) is 0 Å². The molecule has 1 aromatic carbocycles. The Hall–Kier alpha value is -0.380. The first-order valence-corrected chi connectivity index (χ1v) is 7.12. The molecule has 92 valence electrons. The molecule has 1 aliphatic heterocycles. The van der Waals surface area contributed by atoms with Gasteiger partial charge >= 0.3 is 0 Å². The summed E-state index contributed by atoms with van der Waals surface area (Å²) in [5.41, 5.74) is 0. The van der Waals surface area contributed by atoms with Crippen LogP contribution >= 0.6 is 35.0 Å². The van der Waals surface area contributed by atoms with E-state index in [-0.39, 0.29) is 11.2 Å². The highest BCUT2D eigenvalue weighted by molar-refractivity contribution is 8.00. The van der Waals surface area contributed by atoms with E-state index >= 15 is 0 Å². The number of amides is 1. The lowest BCUT2D eigenvalue weighted by Crippen LogP contribution is -2.45. The number of rotatable bonds is 3. The number of nitrogens with zero attached hydrogens (tertiary/aromatic N) is 1. The van der Waals surface area contributed by atoms with Gasteiger partial charge in [0.15, 0.2) is 0 Å². The van der Waals surface area contributed by atoms with Gasteiger partial charge in [-0.3, -0.25) is 4.79 Å². The lowest BCUT2D eigenvalue weighted by Gasteiger charge is -2.33. The summed E-state index contributed by atoms with van der Waals surface area (Å²) in [6.45, 7) is 3.67. The molecule has 1 amide bonds. The fourth-order valence-corrected chi connectivity index (χ4v) is 3.10. The summed E-state index contributed by atoms with van der Waals surface area (Å²) in [5.74, 6) is 0.178. The van der Waals surface area contributed by atoms with E-state index in [1.807, 2.05) is 11.8 Å². The Balaban J connectivity index is 2.04. The quantitative estimate of drug-likeness (QED) is 0.791. The topological polar surface area (TPSA) is 20.3 Å². The SMILES string of the molecule is CC(Sc1cc(Cl)ccc1Cl)C(=O)N1CCC1. The minimum atomic E-state index is -0.119. The Labute approximate surface area is 115 Å². The van der Waals surface area contributed by atoms with Crippen LogP contribution < -0.4 is 0 Å². The summed E-state index contributed by atoms with van der Waals surface area (Å²) >= 11 is 13.4. The van der Waals surface area contributed by atoms with Crippen LogP contribution in [0.1, 0.15) is 13.3 Å². The third-order valence-corrected chi connectivity index (χ3v) is 4.54. The van der Waals surface area contributed by atoms with Gasteiger partial charge in [-0.2, -0.15) is 0 Å². The number of carbonyl (C=O) groups is 1. The van der Waals surface area contributed by atoms with E-state index < -0.39 is 0 Å². The van der Waals surface area contributed by atoms with Crippen LogP contribution in [0.25, 0.3) is 0 Å². The van der Waals surface area contributed by atoms with Crippen LogP contribution in [0, 0.1) is 0 Å². The van der Waals surface area contributed by atoms with E-state index in [0.717, 1.165) is 24.4 Å². The van der Waals surface area contributed by atoms with Crippen LogP contribution in [0.2, 0.25) is 10.0 Å². The van der Waals surface area contributed by atoms with Crippen LogP contribution in [0.5, 0.6) is 0 Å². The molecule has 0 saturated carbocycles. The second-order valence-corrected chi connectivity index (χ2v) is 6.24. The highest BCUT2D eigenvalue weighted by Crippen LogP contribution is 2.33. The van der Waals surface area contributed by atoms with Crippen molar-refractivity contribution in [3.8, 4) is 0 Å². The fourth-order valence-electron chi connectivity index (χ4n) is 1.60. The first-order valence-electron chi connectivity index (χ1n) is 5.48. The average molecular weight is 290 g/mol. The second kappa shape index (κ2) is 5.51. The molecule has 0 spiro atoms. The number of thioether (sulfide) groups is 1. The second-order valence-electron chi connectivity index (χ2n) is 4.01. The molecule has 5 heteroatoms. The van der Waals surface area contributed by atoms with Gasteiger partial charge in [0.2, 0.25) is 5.91 Å². The van der Waals surface area contributed by atoms with Crippen molar-refractivity contribution < 1.29 is 4.79 Å². The van der Waals surface area contributed by atoms with Gasteiger partial charge in [0.1, 0.15) is 0 Å². The van der Waals surface area contributed by atoms with Crippen LogP contribution in [-0.2, 0) is 4.79 Å². The summed E-state index contributed by atoms with van der Waals surface area (Å²) in [7, 11) is 0. The van der Waals surface area contributed by atoms with E-state index in [1.54, 1.807) is 18.2 Å². The van der Waals surface area contributed by atoms with Gasteiger partial charge in [0.05, 0.1) is 10.3 Å². The van der Waals surface area contributed by atoms with Crippen molar-refractivity contribution in [2.24, 2.45) is 0 Å². The van der Waals surface area contributed by atoms with Crippen molar-refractivity contribution in [3.63, 3.8) is 0 Å². The predicted molar refractivity (Wildman–Crippen MR) is 73.0 cm³/mol. The van der Waals surface area contributed by atoms with Crippen LogP contribution in [-0.4, -0.2) is 29.1 Å². The van der Waals surface area contributed by atoms with Gasteiger partial charge in [0.25, 0.3) is 0 Å². The molecule has 1 saturated heterocycles. The zero-order chi connectivity index (χ0) is 12.4. The van der Waals surface area contributed by atoms with Crippen LogP contribution in [0.15, 0.2) is 23.1 Å². The maximum absolute atomic E-state index is 12.0. The van der Waals surface area contributed by atoms with E-state index in [2.05, 4.69) is 0 Å². The van der Waals surface area contributed by atoms with Crippen molar-refractivity contribution in [2.75, 3.05) is 13.1 Å². The third-order valence-electron chi connectivity index (χ3n) is 2.71. The minimum absolute atomic E-state index is 0.119. The standard InChI is InChI=1S/C12H13Cl2NOS/c1-8(12(16)15-5-2-6-15)17-11-7-9(13)3-4-10(11)14/h3-4,7-8H,2,5-6H2,1H3. The van der Waals surface area contributed by atoms with Gasteiger partial charge < -0.3 is 4.90 Å². The van der Waals surface area contributed by atoms with E-state index in [9.17, 15) is 4.79 Å². The van der Waals surface area contributed by atoms with Gasteiger partial charge in [-0.15, -0.1) is 11.8 Å². The zero-order valence-electron chi connectivity index (χ0n) is 9.45. The molecule has 1 heterocycles. The Bertz CT molecular complexity index is 435. The summed E-state index contributed by atoms with van der Waals surface area (Å²) in [6.07, 6.45) is 1.11. The molecule has 1 fully saturated rings. The fraction of sp³-hybridized carbons (Fsp3) is 0.417. The number of benzene rings is 1. The molecule has 17 heavy (non-hydrogen) atoms. The van der Waals surface area contributed by atoms with Gasteiger partial charge in [-0.1, -0.05) is 23.2 Å². The summed E-state index contributed by atoms with van der Waals surface area (Å²) < 4.78 is 0. The Morgan fingerprint density at radius 2 is 2.12 bits per heavy atom. The third kappa shape index (κ3) is 3.09. The highest BCUT2D eigenvalue weighted by atomic mass is 35.5. The lowest BCUT2D eigenvalue weighted by molar-refractivity contribution is -0.133. The normalized spacial score (nSPS) is 16.5. The molecule has 1 unspecified atom stereocenters. The number of hydrogen-bond acceptors (Lipinski definition) is 2. The van der Waals surface area contributed by atoms with Crippen LogP contribution in [0.3, 0.4) is 0 Å². The molecule has 0 bridgehead atoms. The number of carbonyl (C=O) groups excluding carboxylic acids is 1. The Morgan fingerprint density at radius 3 is 2.71 bits per heavy atom. The Kier molecular flexibility index (Phi) is 4.23. The van der Waals surface area contributed by atoms with Crippen molar-refractivity contribution in [3.05, 3.63) is 28.2 Å². The molecule has 1 aliphatic rings. The van der Waals surface area contributed by atoms with Gasteiger partial charge in [-0.05, 0) is 31.5 Å². The lowest BCUT2D eigenvalue weighted by atomic mass is 10.2. The molecule has 1 atom stereocenters. The van der Waals surface area contributed by atoms with Gasteiger partial charge in [0, 0.05) is 23.0 Å². The molecule has 2 nitrogen and oxygen atoms in total. The molecular formula is C12H13Cl2NOS. The van der Waals surface area contributed by atoms with Crippen molar-refractivity contribution >= 4 is 40.9 Å². The molecule has 0 aromatic heterocycles. The largest absolute Gasteiger partial charge is 0.342 e. The molecule has 0 aliphatic carbocycles. The number of halogens is 2. The van der Waals surface area contributed by atoms with E-state index in [4.69, 9.17) is 23.2 Å². The molecule has 0 radical (unpaired) electrons. The predicted octanol–water partition coefficient (Wildman–Crippen LogP) is 3.71. The van der Waals surface area contributed by atoms with Crippen molar-refractivity contribution in [2.45, 2.75) is 23.5 Å². The minimum Gasteiger partial charge on any atom is -0.342 e. The number of hydrogen-bond donors (Lipinski definition) is 0. The molecular weight excluding hydrogens is 277 g/mol. The van der Waals surface area contributed by atoms with E-state index in [1.165, 1.54) is 11.8 Å². The van der Waals surface area contributed by atoms with E-state index in [0.29, 0.717) is 10.0 Å². The monoisotopic (exact) mass is 289 g/mol. The summed E-state index contributed by atoms with van der Waals surface area (Å²) in [5, 5.41) is 1.16. The molecule has 1 aromatic rings. The van der Waals surface area contributed by atoms with Gasteiger partial charge in [-0.25, -0.2) is 0 Å². The zero-order valence-corrected chi connectivity index (χ0v) is 11.8. The first-order chi connectivity index (χ1) is 8.08. The first kappa shape index (κ1) is 13.1.